The molecule has 3 aromatic rings. The molecule has 0 saturated heterocycles. The molecule has 0 unspecified atom stereocenters. The molecule has 4 rings (SSSR count). The number of ether oxygens (including phenoxy) is 2. The van der Waals surface area contributed by atoms with Crippen LogP contribution >= 0.6 is 0 Å². The predicted octanol–water partition coefficient (Wildman–Crippen LogP) is 3.43. The Kier molecular flexibility index (Phi) is 5.97. The lowest BCUT2D eigenvalue weighted by Gasteiger charge is -2.22. The van der Waals surface area contributed by atoms with E-state index in [-0.39, 0.29) is 24.1 Å². The van der Waals surface area contributed by atoms with Gasteiger partial charge in [0.15, 0.2) is 18.1 Å². The van der Waals surface area contributed by atoms with E-state index in [4.69, 9.17) is 9.47 Å². The summed E-state index contributed by atoms with van der Waals surface area (Å²) >= 11 is 0. The molecule has 1 aliphatic carbocycles. The molecular formula is C23H25N3O4. The second-order valence-electron chi connectivity index (χ2n) is 7.49. The van der Waals surface area contributed by atoms with Gasteiger partial charge in [-0.1, -0.05) is 31.4 Å². The fourth-order valence-electron chi connectivity index (χ4n) is 3.82. The molecule has 0 bridgehead atoms. The number of aromatic nitrogens is 2. The standard InChI is InChI=1S/C23H25N3O4/c1-29-19-12-11-15(22-25-18-10-6-5-9-17(18)23(28)26-22)13-20(19)30-14-21(27)24-16-7-3-2-4-8-16/h5-6,9-13,16H,2-4,7-8,14H2,1H3,(H,24,27)(H,25,26,28). The van der Waals surface area contributed by atoms with E-state index in [1.54, 1.807) is 43.5 Å². The highest BCUT2D eigenvalue weighted by Gasteiger charge is 2.17. The average Bonchev–Trinajstić information content (AvgIpc) is 2.78. The lowest BCUT2D eigenvalue weighted by Crippen LogP contribution is -2.39. The van der Waals surface area contributed by atoms with Crippen molar-refractivity contribution in [1.29, 1.82) is 0 Å². The summed E-state index contributed by atoms with van der Waals surface area (Å²) in [6.45, 7) is -0.0992. The quantitative estimate of drug-likeness (QED) is 0.653. The fourth-order valence-corrected chi connectivity index (χ4v) is 3.82. The zero-order valence-corrected chi connectivity index (χ0v) is 16.9. The number of rotatable bonds is 6. The van der Waals surface area contributed by atoms with Crippen LogP contribution in [0.25, 0.3) is 22.3 Å². The minimum absolute atomic E-state index is 0.0992. The summed E-state index contributed by atoms with van der Waals surface area (Å²) < 4.78 is 11.1. The van der Waals surface area contributed by atoms with Gasteiger partial charge in [0, 0.05) is 11.6 Å². The van der Waals surface area contributed by atoms with Gasteiger partial charge in [-0.2, -0.15) is 0 Å². The summed E-state index contributed by atoms with van der Waals surface area (Å²) in [7, 11) is 1.54. The molecule has 156 valence electrons. The van der Waals surface area contributed by atoms with Gasteiger partial charge >= 0.3 is 0 Å². The van der Waals surface area contributed by atoms with Crippen LogP contribution < -0.4 is 20.3 Å². The fraction of sp³-hybridized carbons (Fsp3) is 0.348. The van der Waals surface area contributed by atoms with Crippen molar-refractivity contribution in [3.63, 3.8) is 0 Å². The number of fused-ring (bicyclic) bond motifs is 1. The summed E-state index contributed by atoms with van der Waals surface area (Å²) in [4.78, 5) is 32.0. The van der Waals surface area contributed by atoms with E-state index < -0.39 is 0 Å². The van der Waals surface area contributed by atoms with Crippen molar-refractivity contribution in [1.82, 2.24) is 15.3 Å². The maximum Gasteiger partial charge on any atom is 0.259 e. The lowest BCUT2D eigenvalue weighted by atomic mass is 9.95. The Bertz CT molecular complexity index is 1100. The van der Waals surface area contributed by atoms with Gasteiger partial charge in [-0.25, -0.2) is 4.98 Å². The number of nitrogens with one attached hydrogen (secondary N) is 2. The third-order valence-electron chi connectivity index (χ3n) is 5.38. The first-order valence-corrected chi connectivity index (χ1v) is 10.2. The van der Waals surface area contributed by atoms with Gasteiger partial charge in [-0.3, -0.25) is 9.59 Å². The second-order valence-corrected chi connectivity index (χ2v) is 7.49. The van der Waals surface area contributed by atoms with E-state index in [0.29, 0.717) is 33.8 Å². The number of hydrogen-bond acceptors (Lipinski definition) is 5. The molecule has 1 heterocycles. The number of H-pyrrole nitrogens is 1. The van der Waals surface area contributed by atoms with E-state index in [9.17, 15) is 9.59 Å². The predicted molar refractivity (Wildman–Crippen MR) is 115 cm³/mol. The van der Waals surface area contributed by atoms with Gasteiger partial charge in [0.05, 0.1) is 18.0 Å². The third-order valence-corrected chi connectivity index (χ3v) is 5.38. The average molecular weight is 407 g/mol. The Balaban J connectivity index is 1.53. The van der Waals surface area contributed by atoms with Crippen molar-refractivity contribution in [2.24, 2.45) is 0 Å². The van der Waals surface area contributed by atoms with Crippen molar-refractivity contribution in [2.75, 3.05) is 13.7 Å². The SMILES string of the molecule is COc1ccc(-c2nc3ccccc3c(=O)[nH]2)cc1OCC(=O)NC1CCCCC1. The molecule has 0 spiro atoms. The molecule has 7 nitrogen and oxygen atoms in total. The summed E-state index contributed by atoms with van der Waals surface area (Å²) in [6.07, 6.45) is 5.58. The molecule has 2 aromatic carbocycles. The zero-order chi connectivity index (χ0) is 20.9. The number of nitrogens with zero attached hydrogens (tertiary/aromatic N) is 1. The molecule has 1 fully saturated rings. The number of carbonyl (C=O) groups is 1. The van der Waals surface area contributed by atoms with Crippen molar-refractivity contribution >= 4 is 16.8 Å². The van der Waals surface area contributed by atoms with Crippen LogP contribution in [0.5, 0.6) is 11.5 Å². The Morgan fingerprint density at radius 1 is 1.13 bits per heavy atom. The molecule has 1 amide bonds. The van der Waals surface area contributed by atoms with Gasteiger partial charge in [-0.15, -0.1) is 0 Å². The van der Waals surface area contributed by atoms with Gasteiger partial charge < -0.3 is 19.8 Å². The minimum Gasteiger partial charge on any atom is -0.493 e. The van der Waals surface area contributed by atoms with Crippen molar-refractivity contribution < 1.29 is 14.3 Å². The highest BCUT2D eigenvalue weighted by molar-refractivity contribution is 5.80. The van der Waals surface area contributed by atoms with Crippen molar-refractivity contribution in [3.8, 4) is 22.9 Å². The largest absolute Gasteiger partial charge is 0.493 e. The smallest absolute Gasteiger partial charge is 0.259 e. The van der Waals surface area contributed by atoms with Gasteiger partial charge in [0.2, 0.25) is 0 Å². The molecular weight excluding hydrogens is 382 g/mol. The number of methoxy groups -OCH3 is 1. The summed E-state index contributed by atoms with van der Waals surface area (Å²) in [5.74, 6) is 1.21. The molecule has 1 aliphatic rings. The Labute approximate surface area is 174 Å². The number of para-hydroxylation sites is 1. The van der Waals surface area contributed by atoms with Crippen LogP contribution in [0.2, 0.25) is 0 Å². The van der Waals surface area contributed by atoms with E-state index >= 15 is 0 Å². The molecule has 7 heteroatoms. The lowest BCUT2D eigenvalue weighted by molar-refractivity contribution is -0.124. The Morgan fingerprint density at radius 3 is 2.73 bits per heavy atom. The first-order valence-electron chi connectivity index (χ1n) is 10.2. The number of benzene rings is 2. The molecule has 0 radical (unpaired) electrons. The third kappa shape index (κ3) is 4.45. The van der Waals surface area contributed by atoms with Gasteiger partial charge in [-0.05, 0) is 43.2 Å². The van der Waals surface area contributed by atoms with E-state index in [2.05, 4.69) is 15.3 Å². The maximum atomic E-state index is 12.4. The Morgan fingerprint density at radius 2 is 1.93 bits per heavy atom. The summed E-state index contributed by atoms with van der Waals surface area (Å²) in [5.41, 5.74) is 1.07. The van der Waals surface area contributed by atoms with Crippen LogP contribution in [-0.2, 0) is 4.79 Å². The summed E-state index contributed by atoms with van der Waals surface area (Å²) in [6, 6.07) is 12.7. The number of aromatic amines is 1. The number of hydrogen-bond donors (Lipinski definition) is 2. The van der Waals surface area contributed by atoms with E-state index in [1.165, 1.54) is 6.42 Å². The van der Waals surface area contributed by atoms with E-state index in [1.807, 2.05) is 6.07 Å². The van der Waals surface area contributed by atoms with Crippen LogP contribution in [0.4, 0.5) is 0 Å². The Hall–Kier alpha value is -3.35. The molecule has 1 saturated carbocycles. The second kappa shape index (κ2) is 8.98. The molecule has 2 N–H and O–H groups in total. The van der Waals surface area contributed by atoms with Crippen LogP contribution in [0.15, 0.2) is 47.3 Å². The van der Waals surface area contributed by atoms with Crippen LogP contribution in [0.3, 0.4) is 0 Å². The van der Waals surface area contributed by atoms with E-state index in [0.717, 1.165) is 25.7 Å². The zero-order valence-electron chi connectivity index (χ0n) is 16.9. The number of carbonyl (C=O) groups excluding carboxylic acids is 1. The molecule has 30 heavy (non-hydrogen) atoms. The first-order chi connectivity index (χ1) is 14.6. The summed E-state index contributed by atoms with van der Waals surface area (Å²) in [5, 5.41) is 3.57. The highest BCUT2D eigenvalue weighted by Crippen LogP contribution is 2.31. The van der Waals surface area contributed by atoms with Crippen LogP contribution in [-0.4, -0.2) is 35.6 Å². The number of amides is 1. The van der Waals surface area contributed by atoms with Crippen LogP contribution in [0, 0.1) is 0 Å². The molecule has 0 aliphatic heterocycles. The van der Waals surface area contributed by atoms with Gasteiger partial charge in [0.25, 0.3) is 11.5 Å². The minimum atomic E-state index is -0.208. The normalized spacial score (nSPS) is 14.4. The maximum absolute atomic E-state index is 12.4. The monoisotopic (exact) mass is 407 g/mol. The van der Waals surface area contributed by atoms with Crippen molar-refractivity contribution in [3.05, 3.63) is 52.8 Å². The molecule has 1 aromatic heterocycles. The first kappa shape index (κ1) is 19.9. The highest BCUT2D eigenvalue weighted by atomic mass is 16.5. The van der Waals surface area contributed by atoms with Crippen molar-refractivity contribution in [2.45, 2.75) is 38.1 Å². The molecule has 0 atom stereocenters. The van der Waals surface area contributed by atoms with Gasteiger partial charge in [0.1, 0.15) is 5.82 Å². The van der Waals surface area contributed by atoms with Crippen LogP contribution in [0.1, 0.15) is 32.1 Å². The topological polar surface area (TPSA) is 93.3 Å².